The minimum atomic E-state index is -1.90. The third-order valence-electron chi connectivity index (χ3n) is 15.0. The monoisotopic (exact) mass is 1160 g/mol. The van der Waals surface area contributed by atoms with Crippen molar-refractivity contribution in [1.29, 1.82) is 0 Å². The first kappa shape index (κ1) is 66.9. The molecule has 0 amide bonds. The zero-order chi connectivity index (χ0) is 57.8. The fourth-order valence-electron chi connectivity index (χ4n) is 11.1. The second kappa shape index (κ2) is 31.8. The molecule has 6 aliphatic heterocycles. The van der Waals surface area contributed by atoms with Crippen LogP contribution in [0.4, 0.5) is 0 Å². The van der Waals surface area contributed by atoms with Crippen LogP contribution in [0.25, 0.3) is 0 Å². The molecule has 0 bridgehead atoms. The summed E-state index contributed by atoms with van der Waals surface area (Å²) in [5.74, 6) is 0. The third-order valence-corrected chi connectivity index (χ3v) is 15.0. The Balaban J connectivity index is 1.20. The summed E-state index contributed by atoms with van der Waals surface area (Å²) in [5.41, 5.74) is 0. The minimum absolute atomic E-state index is 0.0166. The molecule has 0 aliphatic carbocycles. The maximum absolute atomic E-state index is 11.5. The number of ether oxygens (including phenoxy) is 23. The lowest BCUT2D eigenvalue weighted by Crippen LogP contribution is -2.69. The van der Waals surface area contributed by atoms with Gasteiger partial charge < -0.3 is 150 Å². The highest BCUT2D eigenvalue weighted by atomic mass is 16.8. The fourth-order valence-corrected chi connectivity index (χ4v) is 11.1. The van der Waals surface area contributed by atoms with Gasteiger partial charge in [-0.15, -0.1) is 0 Å². The molecule has 0 aromatic rings. The first-order valence-electron chi connectivity index (χ1n) is 25.8. The summed E-state index contributed by atoms with van der Waals surface area (Å²) < 4.78 is 139. The number of aliphatic hydroxyl groups excluding tert-OH is 8. The molecule has 0 saturated carbocycles. The Morgan fingerprint density at radius 2 is 0.532 bits per heavy atom. The van der Waals surface area contributed by atoms with E-state index in [1.165, 1.54) is 85.3 Å². The molecule has 30 atom stereocenters. The van der Waals surface area contributed by atoms with Gasteiger partial charge in [-0.1, -0.05) is 0 Å². The van der Waals surface area contributed by atoms with Crippen molar-refractivity contribution in [1.82, 2.24) is 0 Å². The Hall–Kier alpha value is -1.24. The number of hydrogen-bond donors (Lipinski definition) is 8. The molecule has 0 aromatic carbocycles. The Morgan fingerprint density at radius 3 is 0.861 bits per heavy atom. The maximum atomic E-state index is 11.5. The lowest BCUT2D eigenvalue weighted by Gasteiger charge is -2.52. The van der Waals surface area contributed by atoms with Crippen molar-refractivity contribution in [3.8, 4) is 0 Å². The van der Waals surface area contributed by atoms with E-state index in [0.717, 1.165) is 0 Å². The van der Waals surface area contributed by atoms with Crippen molar-refractivity contribution in [2.75, 3.05) is 125 Å². The highest BCUT2D eigenvalue weighted by molar-refractivity contribution is 5.02. The molecular weight excluding hydrogens is 1070 g/mol. The SMILES string of the molecule is COC[C@H]1OC(O)[C@@H](OC)[C@H](OC)[C@@H]1OC1O[C@H](COC)[C@@H](OC2O[C@H](COC)[C@@H](OC3O[C@H](COC)[C@@H](O[C@H]4O[C@@H](CO)[C@H](O[C@H]5O[C@@H](CO)[C@H](O)[C@H](O)[C@H]5O)[C@H](O)[C@H]4O)[C@@H](OC)[C@@H]3OC)[C@@H](OC)[C@@H]2OC)[C@@H](OC)[C@@H]1OC. The molecule has 464 valence electrons. The van der Waals surface area contributed by atoms with E-state index in [0.29, 0.717) is 0 Å². The molecule has 31 nitrogen and oxygen atoms in total. The molecule has 6 fully saturated rings. The fraction of sp³-hybridized carbons (Fsp3) is 1.00. The van der Waals surface area contributed by atoms with Crippen LogP contribution in [0.3, 0.4) is 0 Å². The summed E-state index contributed by atoms with van der Waals surface area (Å²) >= 11 is 0. The summed E-state index contributed by atoms with van der Waals surface area (Å²) in [6.45, 7) is -1.86. The molecule has 6 rings (SSSR count). The molecule has 79 heavy (non-hydrogen) atoms. The molecule has 6 saturated heterocycles. The van der Waals surface area contributed by atoms with E-state index < -0.39 is 197 Å². The summed E-state index contributed by atoms with van der Waals surface area (Å²) in [7, 11) is 17.2. The lowest BCUT2D eigenvalue weighted by molar-refractivity contribution is -0.400. The van der Waals surface area contributed by atoms with Crippen LogP contribution in [0.5, 0.6) is 0 Å². The van der Waals surface area contributed by atoms with Crippen molar-refractivity contribution in [2.24, 2.45) is 0 Å². The number of rotatable bonds is 28. The van der Waals surface area contributed by atoms with Crippen molar-refractivity contribution >= 4 is 0 Å². The number of hydrogen-bond acceptors (Lipinski definition) is 31. The molecule has 8 N–H and O–H groups in total. The maximum Gasteiger partial charge on any atom is 0.187 e. The van der Waals surface area contributed by atoms with E-state index in [-0.39, 0.29) is 26.4 Å². The van der Waals surface area contributed by atoms with Gasteiger partial charge in [-0.2, -0.15) is 0 Å². The molecule has 6 heterocycles. The van der Waals surface area contributed by atoms with Gasteiger partial charge in [0, 0.05) is 85.3 Å². The number of aliphatic hydroxyl groups is 8. The smallest absolute Gasteiger partial charge is 0.187 e. The van der Waals surface area contributed by atoms with E-state index >= 15 is 0 Å². The highest BCUT2D eigenvalue weighted by Crippen LogP contribution is 2.40. The van der Waals surface area contributed by atoms with E-state index in [1.54, 1.807) is 0 Å². The van der Waals surface area contributed by atoms with E-state index in [2.05, 4.69) is 0 Å². The van der Waals surface area contributed by atoms with Gasteiger partial charge in [0.2, 0.25) is 0 Å². The van der Waals surface area contributed by atoms with E-state index in [1.807, 2.05) is 0 Å². The van der Waals surface area contributed by atoms with Gasteiger partial charge in [0.05, 0.1) is 39.6 Å². The lowest BCUT2D eigenvalue weighted by atomic mass is 9.94. The first-order chi connectivity index (χ1) is 38.1. The standard InChI is InChI=1S/C48H86O31/c1-57-15-21-31(35(61-5)39(65-9)43(56)69-21)77-46-41(67-11)37(63-7)33(23(73-46)17-59-3)79-48-42(68-12)38(64-8)34(24(74-48)18-60-4)78-47-40(66-10)36(62-6)32(22(72-47)16-58-2)76-45-29(55)27(53)30(20(14-50)71-45)75-44-28(54)26(52)25(51)19(13-49)70-44/h19-56H,13-18H2,1-12H3/t19-,20-,21+,22+,23+,24+,25-,26-,27+,28+,29+,30-,31+,32+,33+,34+,35+,36+,37+,38+,39-,40-,41-,42-,43?,44+,45+,46?,47?,48?/m0/s1. The van der Waals surface area contributed by atoms with Crippen LogP contribution < -0.4 is 0 Å². The molecule has 6 aliphatic rings. The van der Waals surface area contributed by atoms with Crippen molar-refractivity contribution in [3.63, 3.8) is 0 Å². The van der Waals surface area contributed by atoms with Gasteiger partial charge in [-0.05, 0) is 0 Å². The van der Waals surface area contributed by atoms with E-state index in [4.69, 9.17) is 109 Å². The molecular formula is C48H86O31. The predicted molar refractivity (Wildman–Crippen MR) is 257 cm³/mol. The third kappa shape index (κ3) is 14.7. The Bertz CT molecular complexity index is 1710. The van der Waals surface area contributed by atoms with Crippen LogP contribution in [-0.2, 0) is 109 Å². The van der Waals surface area contributed by atoms with Crippen LogP contribution in [-0.4, -0.2) is 350 Å². The highest BCUT2D eigenvalue weighted by Gasteiger charge is 2.59. The summed E-state index contributed by atoms with van der Waals surface area (Å²) in [6, 6.07) is 0. The van der Waals surface area contributed by atoms with Gasteiger partial charge in [0.25, 0.3) is 0 Å². The topological polar surface area (TPSA) is 374 Å². The molecule has 0 radical (unpaired) electrons. The second-order valence-electron chi connectivity index (χ2n) is 19.5. The van der Waals surface area contributed by atoms with Gasteiger partial charge >= 0.3 is 0 Å². The Kier molecular flexibility index (Phi) is 26.9. The second-order valence-corrected chi connectivity index (χ2v) is 19.5. The van der Waals surface area contributed by atoms with Crippen molar-refractivity contribution in [3.05, 3.63) is 0 Å². The molecule has 31 heteroatoms. The van der Waals surface area contributed by atoms with Crippen molar-refractivity contribution < 1.29 is 150 Å². The molecule has 0 aromatic heterocycles. The predicted octanol–water partition coefficient (Wildman–Crippen LogP) is -6.25. The summed E-state index contributed by atoms with van der Waals surface area (Å²) in [6.07, 6.45) is -38.1. The van der Waals surface area contributed by atoms with Crippen LogP contribution in [0, 0.1) is 0 Å². The zero-order valence-electron chi connectivity index (χ0n) is 46.5. The first-order valence-corrected chi connectivity index (χ1v) is 25.8. The van der Waals surface area contributed by atoms with Crippen LogP contribution in [0.1, 0.15) is 0 Å². The molecule has 0 spiro atoms. The Morgan fingerprint density at radius 1 is 0.253 bits per heavy atom. The van der Waals surface area contributed by atoms with Gasteiger partial charge in [0.15, 0.2) is 37.7 Å². The van der Waals surface area contributed by atoms with E-state index in [9.17, 15) is 40.9 Å². The average Bonchev–Trinajstić information content (AvgIpc) is 3.44. The van der Waals surface area contributed by atoms with Crippen LogP contribution >= 0.6 is 0 Å². The van der Waals surface area contributed by atoms with Crippen LogP contribution in [0.2, 0.25) is 0 Å². The largest absolute Gasteiger partial charge is 0.394 e. The van der Waals surface area contributed by atoms with Gasteiger partial charge in [-0.3, -0.25) is 0 Å². The summed E-state index contributed by atoms with van der Waals surface area (Å²) in [5, 5.41) is 84.9. The number of methoxy groups -OCH3 is 12. The van der Waals surface area contributed by atoms with Gasteiger partial charge in [-0.25, -0.2) is 0 Å². The Labute approximate surface area is 458 Å². The minimum Gasteiger partial charge on any atom is -0.394 e. The van der Waals surface area contributed by atoms with Gasteiger partial charge in [0.1, 0.15) is 146 Å². The normalized spacial score (nSPS) is 47.1. The zero-order valence-corrected chi connectivity index (χ0v) is 46.5. The average molecular weight is 1160 g/mol. The quantitative estimate of drug-likeness (QED) is 0.0361. The summed E-state index contributed by atoms with van der Waals surface area (Å²) in [4.78, 5) is 0. The molecule has 4 unspecified atom stereocenters. The van der Waals surface area contributed by atoms with Crippen LogP contribution in [0.15, 0.2) is 0 Å². The van der Waals surface area contributed by atoms with Crippen molar-refractivity contribution in [2.45, 2.75) is 184 Å².